The Kier molecular flexibility index (Phi) is 5.10. The van der Waals surface area contributed by atoms with E-state index in [1.807, 2.05) is 4.90 Å². The van der Waals surface area contributed by atoms with Crippen molar-refractivity contribution in [2.24, 2.45) is 0 Å². The van der Waals surface area contributed by atoms with Crippen molar-refractivity contribution in [1.29, 1.82) is 0 Å². The number of ether oxygens (including phenoxy) is 1. The zero-order valence-corrected chi connectivity index (χ0v) is 14.4. The lowest BCUT2D eigenvalue weighted by Crippen LogP contribution is -2.48. The number of pyridine rings is 1. The van der Waals surface area contributed by atoms with Gasteiger partial charge >= 0.3 is 12.2 Å². The predicted octanol–water partition coefficient (Wildman–Crippen LogP) is 0.343. The average molecular weight is 363 g/mol. The number of carbonyl (C=O) groups excluding carboxylic acids is 2. The number of aromatic nitrogens is 1. The van der Waals surface area contributed by atoms with E-state index < -0.39 is 18.3 Å². The number of rotatable bonds is 4. The summed E-state index contributed by atoms with van der Waals surface area (Å²) in [5.41, 5.74) is 0.619. The molecule has 0 aliphatic carbocycles. The largest absolute Gasteiger partial charge is 0.465 e. The topological polar surface area (TPSA) is 115 Å². The van der Waals surface area contributed by atoms with Crippen molar-refractivity contribution in [3.05, 3.63) is 18.3 Å². The summed E-state index contributed by atoms with van der Waals surface area (Å²) in [7, 11) is 0. The van der Waals surface area contributed by atoms with Crippen molar-refractivity contribution in [2.75, 3.05) is 49.1 Å². The molecule has 1 aromatic rings. The number of hydrogen-bond donors (Lipinski definition) is 2. The van der Waals surface area contributed by atoms with Gasteiger partial charge in [-0.05, 0) is 12.1 Å². The Bertz CT molecular complexity index is 687. The second kappa shape index (κ2) is 7.46. The van der Waals surface area contributed by atoms with Crippen molar-refractivity contribution in [1.82, 2.24) is 15.2 Å². The van der Waals surface area contributed by atoms with Crippen LogP contribution in [0.15, 0.2) is 18.3 Å². The zero-order valence-electron chi connectivity index (χ0n) is 14.4. The summed E-state index contributed by atoms with van der Waals surface area (Å²) in [6, 6.07) is 3.59. The third kappa shape index (κ3) is 3.95. The van der Waals surface area contributed by atoms with Crippen LogP contribution in [0.3, 0.4) is 0 Å². The fourth-order valence-corrected chi connectivity index (χ4v) is 2.95. The molecule has 0 spiro atoms. The third-order valence-electron chi connectivity index (χ3n) is 4.37. The lowest BCUT2D eigenvalue weighted by Gasteiger charge is -2.33. The molecule has 2 aliphatic rings. The number of anilines is 2. The van der Waals surface area contributed by atoms with Gasteiger partial charge in [-0.15, -0.1) is 0 Å². The van der Waals surface area contributed by atoms with Gasteiger partial charge < -0.3 is 25.0 Å². The van der Waals surface area contributed by atoms with E-state index in [0.29, 0.717) is 38.4 Å². The van der Waals surface area contributed by atoms with E-state index in [4.69, 9.17) is 9.84 Å². The second-order valence-electron chi connectivity index (χ2n) is 6.18. The fraction of sp³-hybridized carbons (Fsp3) is 0.500. The standard InChI is InChI=1S/C16H21N5O5/c1-11(22)17-9-13-10-21(16(25)26-13)12-2-3-14(18-8-12)19-4-6-20(7-5-19)15(23)24/h2-3,8,13H,4-7,9-10H2,1H3,(H,17,22)(H,23,24)/t13-/m0/s1. The number of hydrogen-bond acceptors (Lipinski definition) is 6. The van der Waals surface area contributed by atoms with Gasteiger partial charge in [-0.3, -0.25) is 9.69 Å². The molecule has 3 rings (SSSR count). The Hall–Kier alpha value is -3.04. The van der Waals surface area contributed by atoms with Crippen LogP contribution in [0.25, 0.3) is 0 Å². The Morgan fingerprint density at radius 3 is 2.62 bits per heavy atom. The Labute approximate surface area is 150 Å². The van der Waals surface area contributed by atoms with E-state index in [1.165, 1.54) is 16.7 Å². The molecule has 3 amide bonds. The van der Waals surface area contributed by atoms with Crippen molar-refractivity contribution >= 4 is 29.6 Å². The van der Waals surface area contributed by atoms with Crippen LogP contribution in [0.5, 0.6) is 0 Å². The predicted molar refractivity (Wildman–Crippen MR) is 92.3 cm³/mol. The molecule has 10 heteroatoms. The number of carboxylic acid groups (broad SMARTS) is 1. The molecule has 2 N–H and O–H groups in total. The summed E-state index contributed by atoms with van der Waals surface area (Å²) < 4.78 is 5.23. The smallest absolute Gasteiger partial charge is 0.414 e. The first-order valence-electron chi connectivity index (χ1n) is 8.35. The van der Waals surface area contributed by atoms with E-state index >= 15 is 0 Å². The third-order valence-corrected chi connectivity index (χ3v) is 4.37. The van der Waals surface area contributed by atoms with Crippen LogP contribution >= 0.6 is 0 Å². The number of amides is 3. The first kappa shape index (κ1) is 17.8. The Morgan fingerprint density at radius 1 is 1.31 bits per heavy atom. The molecular weight excluding hydrogens is 342 g/mol. The van der Waals surface area contributed by atoms with Gasteiger partial charge in [0.25, 0.3) is 0 Å². The molecule has 0 unspecified atom stereocenters. The van der Waals surface area contributed by atoms with E-state index in [-0.39, 0.29) is 12.5 Å². The van der Waals surface area contributed by atoms with Crippen molar-refractivity contribution < 1.29 is 24.2 Å². The van der Waals surface area contributed by atoms with Crippen molar-refractivity contribution in [3.8, 4) is 0 Å². The minimum absolute atomic E-state index is 0.173. The maximum atomic E-state index is 12.0. The van der Waals surface area contributed by atoms with Crippen LogP contribution in [0.4, 0.5) is 21.1 Å². The fourth-order valence-electron chi connectivity index (χ4n) is 2.95. The van der Waals surface area contributed by atoms with Crippen LogP contribution in [-0.4, -0.2) is 78.5 Å². The first-order chi connectivity index (χ1) is 12.4. The number of piperazine rings is 1. The lowest BCUT2D eigenvalue weighted by atomic mass is 10.3. The van der Waals surface area contributed by atoms with E-state index in [2.05, 4.69) is 10.3 Å². The molecule has 0 bridgehead atoms. The second-order valence-corrected chi connectivity index (χ2v) is 6.18. The Balaban J connectivity index is 1.59. The van der Waals surface area contributed by atoms with Gasteiger partial charge in [-0.1, -0.05) is 0 Å². The molecule has 1 atom stereocenters. The van der Waals surface area contributed by atoms with Gasteiger partial charge in [0.05, 0.1) is 25.0 Å². The van der Waals surface area contributed by atoms with Crippen LogP contribution < -0.4 is 15.1 Å². The summed E-state index contributed by atoms with van der Waals surface area (Å²) in [6.07, 6.45) is -0.171. The van der Waals surface area contributed by atoms with E-state index in [0.717, 1.165) is 5.82 Å². The van der Waals surface area contributed by atoms with Crippen LogP contribution in [0.2, 0.25) is 0 Å². The molecule has 2 aliphatic heterocycles. The molecule has 2 saturated heterocycles. The van der Waals surface area contributed by atoms with Gasteiger partial charge in [0.2, 0.25) is 5.91 Å². The summed E-state index contributed by atoms with van der Waals surface area (Å²) in [5, 5.41) is 11.6. The zero-order chi connectivity index (χ0) is 18.7. The molecule has 2 fully saturated rings. The maximum Gasteiger partial charge on any atom is 0.414 e. The number of nitrogens with one attached hydrogen (secondary N) is 1. The minimum atomic E-state index is -0.908. The molecule has 0 saturated carbocycles. The Morgan fingerprint density at radius 2 is 2.04 bits per heavy atom. The summed E-state index contributed by atoms with van der Waals surface area (Å²) in [4.78, 5) is 43.2. The minimum Gasteiger partial charge on any atom is -0.465 e. The van der Waals surface area contributed by atoms with Crippen LogP contribution in [0.1, 0.15) is 6.92 Å². The maximum absolute atomic E-state index is 12.0. The highest BCUT2D eigenvalue weighted by Gasteiger charge is 2.32. The SMILES string of the molecule is CC(=O)NC[C@H]1CN(c2ccc(N3CCN(C(=O)O)CC3)nc2)C(=O)O1. The highest BCUT2D eigenvalue weighted by Crippen LogP contribution is 2.23. The summed E-state index contributed by atoms with van der Waals surface area (Å²) in [6.45, 7) is 4.04. The number of nitrogens with zero attached hydrogens (tertiary/aromatic N) is 4. The number of carbonyl (C=O) groups is 3. The summed E-state index contributed by atoms with van der Waals surface area (Å²) in [5.74, 6) is 0.565. The van der Waals surface area contributed by atoms with E-state index in [9.17, 15) is 14.4 Å². The van der Waals surface area contributed by atoms with Gasteiger partial charge in [0.15, 0.2) is 0 Å². The van der Waals surface area contributed by atoms with Crippen molar-refractivity contribution in [2.45, 2.75) is 13.0 Å². The highest BCUT2D eigenvalue weighted by atomic mass is 16.6. The summed E-state index contributed by atoms with van der Waals surface area (Å²) >= 11 is 0. The van der Waals surface area contributed by atoms with Crippen LogP contribution in [0, 0.1) is 0 Å². The first-order valence-corrected chi connectivity index (χ1v) is 8.35. The lowest BCUT2D eigenvalue weighted by molar-refractivity contribution is -0.119. The molecule has 1 aromatic heterocycles. The van der Waals surface area contributed by atoms with Gasteiger partial charge in [-0.25, -0.2) is 14.6 Å². The molecule has 140 valence electrons. The van der Waals surface area contributed by atoms with Crippen LogP contribution in [-0.2, 0) is 9.53 Å². The quantitative estimate of drug-likeness (QED) is 0.793. The molecule has 3 heterocycles. The van der Waals surface area contributed by atoms with Crippen molar-refractivity contribution in [3.63, 3.8) is 0 Å². The monoisotopic (exact) mass is 363 g/mol. The molecule has 0 radical (unpaired) electrons. The molecule has 10 nitrogen and oxygen atoms in total. The van der Waals surface area contributed by atoms with E-state index in [1.54, 1.807) is 18.3 Å². The van der Waals surface area contributed by atoms with Gasteiger partial charge in [-0.2, -0.15) is 0 Å². The number of cyclic esters (lactones) is 1. The average Bonchev–Trinajstić information content (AvgIpc) is 3.01. The molecule has 0 aromatic carbocycles. The molecule has 26 heavy (non-hydrogen) atoms. The van der Waals surface area contributed by atoms with Gasteiger partial charge in [0.1, 0.15) is 11.9 Å². The normalized spacial score (nSPS) is 20.1. The highest BCUT2D eigenvalue weighted by molar-refractivity contribution is 5.89. The van der Waals surface area contributed by atoms with Gasteiger partial charge in [0, 0.05) is 33.1 Å². The molecular formula is C16H21N5O5.